The molecule has 8 heteroatoms. The average molecular weight is 468 g/mol. The summed E-state index contributed by atoms with van der Waals surface area (Å²) < 4.78 is 9.90. The molecule has 2 amide bonds. The second kappa shape index (κ2) is 11.2. The fourth-order valence-corrected chi connectivity index (χ4v) is 3.59. The van der Waals surface area contributed by atoms with Gasteiger partial charge in [0.25, 0.3) is 0 Å². The fourth-order valence-electron chi connectivity index (χ4n) is 3.59. The Morgan fingerprint density at radius 3 is 2.29 bits per heavy atom. The van der Waals surface area contributed by atoms with Crippen LogP contribution in [0.25, 0.3) is 0 Å². The summed E-state index contributed by atoms with van der Waals surface area (Å²) in [4.78, 5) is 35.5. The van der Waals surface area contributed by atoms with Crippen LogP contribution in [0.15, 0.2) is 48.5 Å². The molecule has 8 nitrogen and oxygen atoms in total. The van der Waals surface area contributed by atoms with E-state index in [9.17, 15) is 14.4 Å². The molecule has 0 heterocycles. The predicted octanol–water partition coefficient (Wildman–Crippen LogP) is 4.32. The number of aryl methyl sites for hydroxylation is 1. The average Bonchev–Trinajstić information content (AvgIpc) is 3.57. The molecule has 34 heavy (non-hydrogen) atoms. The first-order chi connectivity index (χ1) is 16.1. The molecule has 0 aliphatic heterocycles. The van der Waals surface area contributed by atoms with Gasteiger partial charge in [0.05, 0.1) is 12.7 Å². The van der Waals surface area contributed by atoms with Gasteiger partial charge in [0.15, 0.2) is 0 Å². The van der Waals surface area contributed by atoms with Gasteiger partial charge < -0.3 is 14.8 Å². The van der Waals surface area contributed by atoms with E-state index in [2.05, 4.69) is 16.2 Å². The number of carbonyl (C=O) groups excluding carboxylic acids is 3. The highest BCUT2D eigenvalue weighted by Crippen LogP contribution is 2.40. The summed E-state index contributed by atoms with van der Waals surface area (Å²) in [7, 11) is 1.36. The second-order valence-electron chi connectivity index (χ2n) is 9.43. The second-order valence-corrected chi connectivity index (χ2v) is 9.43. The maximum Gasteiger partial charge on any atom is 0.422 e. The van der Waals surface area contributed by atoms with Crippen molar-refractivity contribution in [3.05, 3.63) is 65.2 Å². The van der Waals surface area contributed by atoms with Crippen LogP contribution in [-0.4, -0.2) is 36.7 Å². The molecule has 2 aromatic carbocycles. The van der Waals surface area contributed by atoms with Crippen LogP contribution >= 0.6 is 0 Å². The summed E-state index contributed by atoms with van der Waals surface area (Å²) in [6, 6.07) is 15.2. The van der Waals surface area contributed by atoms with E-state index in [0.29, 0.717) is 24.3 Å². The first-order valence-electron chi connectivity index (χ1n) is 11.5. The van der Waals surface area contributed by atoms with E-state index >= 15 is 0 Å². The number of anilines is 1. The molecule has 3 rings (SSSR count). The van der Waals surface area contributed by atoms with Gasteiger partial charge in [-0.3, -0.25) is 10.2 Å². The molecule has 1 fully saturated rings. The number of benzene rings is 2. The summed E-state index contributed by atoms with van der Waals surface area (Å²) in [5.74, 6) is -0.0837. The van der Waals surface area contributed by atoms with Gasteiger partial charge in [0.2, 0.25) is 5.91 Å². The topological polar surface area (TPSA) is 106 Å². The Hall–Kier alpha value is -3.39. The third kappa shape index (κ3) is 7.88. The number of esters is 1. The minimum absolute atomic E-state index is 0.0357. The standard InChI is InChI=1S/C26H33N3O5/c1-26(2,3)34-25(32)29-28-22-16-21(22)18-12-14-20(15-13-18)27-23(30)7-5-6-17-8-10-19(11-9-17)24(31)33-4/h8-15,21-22,28H,5-7,16H2,1-4H3,(H,27,30)(H,29,32). The SMILES string of the molecule is COC(=O)c1ccc(CCCC(=O)Nc2ccc(C3CC3NNC(=O)OC(C)(C)C)cc2)cc1. The van der Waals surface area contributed by atoms with E-state index < -0.39 is 11.7 Å². The van der Waals surface area contributed by atoms with Crippen molar-refractivity contribution in [2.45, 2.75) is 64.0 Å². The van der Waals surface area contributed by atoms with Crippen LogP contribution in [0.4, 0.5) is 10.5 Å². The Balaban J connectivity index is 1.36. The predicted molar refractivity (Wildman–Crippen MR) is 129 cm³/mol. The summed E-state index contributed by atoms with van der Waals surface area (Å²) in [5.41, 5.74) is 8.55. The number of ether oxygens (including phenoxy) is 2. The number of amides is 2. The van der Waals surface area contributed by atoms with Gasteiger partial charge >= 0.3 is 12.1 Å². The molecule has 1 saturated carbocycles. The molecule has 0 spiro atoms. The van der Waals surface area contributed by atoms with Crippen LogP contribution in [0.1, 0.15) is 67.4 Å². The molecule has 2 unspecified atom stereocenters. The van der Waals surface area contributed by atoms with Crippen LogP contribution in [0.2, 0.25) is 0 Å². The molecular weight excluding hydrogens is 434 g/mol. The van der Waals surface area contributed by atoms with Crippen LogP contribution in [0.3, 0.4) is 0 Å². The van der Waals surface area contributed by atoms with E-state index in [4.69, 9.17) is 9.47 Å². The molecule has 0 aromatic heterocycles. The van der Waals surface area contributed by atoms with E-state index in [1.807, 2.05) is 57.2 Å². The van der Waals surface area contributed by atoms with Crippen LogP contribution < -0.4 is 16.2 Å². The van der Waals surface area contributed by atoms with Crippen molar-refractivity contribution in [3.8, 4) is 0 Å². The van der Waals surface area contributed by atoms with Crippen molar-refractivity contribution in [1.29, 1.82) is 0 Å². The summed E-state index contributed by atoms with van der Waals surface area (Å²) in [6.45, 7) is 5.46. The van der Waals surface area contributed by atoms with Gasteiger partial charge in [-0.2, -0.15) is 0 Å². The Bertz CT molecular complexity index is 997. The highest BCUT2D eigenvalue weighted by molar-refractivity contribution is 5.90. The zero-order valence-corrected chi connectivity index (χ0v) is 20.1. The summed E-state index contributed by atoms with van der Waals surface area (Å²) in [6.07, 6.45) is 2.30. The molecule has 1 aliphatic carbocycles. The van der Waals surface area contributed by atoms with Crippen LogP contribution in [0, 0.1) is 0 Å². The molecule has 3 N–H and O–H groups in total. The largest absolute Gasteiger partial charge is 0.465 e. The van der Waals surface area contributed by atoms with Crippen molar-refractivity contribution < 1.29 is 23.9 Å². The minimum atomic E-state index is -0.535. The molecular formula is C26H33N3O5. The highest BCUT2D eigenvalue weighted by Gasteiger charge is 2.38. The van der Waals surface area contributed by atoms with Crippen LogP contribution in [0.5, 0.6) is 0 Å². The van der Waals surface area contributed by atoms with Gasteiger partial charge in [-0.15, -0.1) is 0 Å². The van der Waals surface area contributed by atoms with Crippen molar-refractivity contribution >= 4 is 23.7 Å². The molecule has 2 aromatic rings. The Morgan fingerprint density at radius 2 is 1.68 bits per heavy atom. The quantitative estimate of drug-likeness (QED) is 0.375. The van der Waals surface area contributed by atoms with Gasteiger partial charge in [-0.05, 0) is 75.4 Å². The maximum atomic E-state index is 12.3. The Morgan fingerprint density at radius 1 is 1.00 bits per heavy atom. The number of nitrogens with one attached hydrogen (secondary N) is 3. The highest BCUT2D eigenvalue weighted by atomic mass is 16.6. The van der Waals surface area contributed by atoms with Crippen molar-refractivity contribution in [2.24, 2.45) is 0 Å². The zero-order valence-electron chi connectivity index (χ0n) is 20.1. The van der Waals surface area contributed by atoms with Gasteiger partial charge in [0.1, 0.15) is 5.60 Å². The molecule has 0 saturated heterocycles. The number of methoxy groups -OCH3 is 1. The summed E-state index contributed by atoms with van der Waals surface area (Å²) in [5, 5.41) is 2.93. The minimum Gasteiger partial charge on any atom is -0.465 e. The fraction of sp³-hybridized carbons (Fsp3) is 0.423. The van der Waals surface area contributed by atoms with E-state index in [1.165, 1.54) is 7.11 Å². The van der Waals surface area contributed by atoms with E-state index in [0.717, 1.165) is 29.7 Å². The summed E-state index contributed by atoms with van der Waals surface area (Å²) >= 11 is 0. The number of hydrazine groups is 1. The molecule has 0 bridgehead atoms. The Kier molecular flexibility index (Phi) is 8.28. The van der Waals surface area contributed by atoms with Crippen molar-refractivity contribution in [1.82, 2.24) is 10.9 Å². The third-order valence-corrected chi connectivity index (χ3v) is 5.42. The lowest BCUT2D eigenvalue weighted by atomic mass is 10.1. The molecule has 1 aliphatic rings. The monoisotopic (exact) mass is 467 g/mol. The smallest absolute Gasteiger partial charge is 0.422 e. The maximum absolute atomic E-state index is 12.3. The first-order valence-corrected chi connectivity index (χ1v) is 11.5. The van der Waals surface area contributed by atoms with Crippen molar-refractivity contribution in [3.63, 3.8) is 0 Å². The lowest BCUT2D eigenvalue weighted by Gasteiger charge is -2.19. The number of hydrogen-bond donors (Lipinski definition) is 3. The van der Waals surface area contributed by atoms with Crippen LogP contribution in [-0.2, 0) is 20.7 Å². The number of carbonyl (C=O) groups is 3. The normalized spacial score (nSPS) is 16.9. The third-order valence-electron chi connectivity index (χ3n) is 5.42. The number of hydrogen-bond acceptors (Lipinski definition) is 6. The molecule has 2 atom stereocenters. The Labute approximate surface area is 200 Å². The van der Waals surface area contributed by atoms with E-state index in [1.54, 1.807) is 12.1 Å². The van der Waals surface area contributed by atoms with Gasteiger partial charge in [0, 0.05) is 24.1 Å². The lowest BCUT2D eigenvalue weighted by Crippen LogP contribution is -2.42. The number of rotatable bonds is 9. The molecule has 0 radical (unpaired) electrons. The van der Waals surface area contributed by atoms with Gasteiger partial charge in [-0.1, -0.05) is 24.3 Å². The lowest BCUT2D eigenvalue weighted by molar-refractivity contribution is -0.116. The van der Waals surface area contributed by atoms with E-state index in [-0.39, 0.29) is 17.9 Å². The van der Waals surface area contributed by atoms with Gasteiger partial charge in [-0.25, -0.2) is 15.0 Å². The van der Waals surface area contributed by atoms with Crippen molar-refractivity contribution in [2.75, 3.05) is 12.4 Å². The zero-order chi connectivity index (χ0) is 24.7. The first kappa shape index (κ1) is 25.2. The molecule has 182 valence electrons.